The summed E-state index contributed by atoms with van der Waals surface area (Å²) < 4.78 is 0. The van der Waals surface area contributed by atoms with E-state index in [1.807, 2.05) is 54.6 Å². The van der Waals surface area contributed by atoms with Gasteiger partial charge in [0.2, 0.25) is 0 Å². The van der Waals surface area contributed by atoms with E-state index in [-0.39, 0.29) is 5.78 Å². The number of ketones is 1. The average molecular weight is 276 g/mol. The number of para-hydroxylation sites is 1. The molecule has 2 aromatic carbocycles. The van der Waals surface area contributed by atoms with Crippen LogP contribution in [0.25, 0.3) is 10.9 Å². The maximum atomic E-state index is 12.4. The number of hydrogen-bond acceptors (Lipinski definition) is 3. The van der Waals surface area contributed by atoms with Crippen molar-refractivity contribution in [2.24, 2.45) is 5.73 Å². The zero-order chi connectivity index (χ0) is 14.7. The summed E-state index contributed by atoms with van der Waals surface area (Å²) in [6, 6.07) is 17.3. The first-order chi connectivity index (χ1) is 10.3. The van der Waals surface area contributed by atoms with E-state index in [1.165, 1.54) is 0 Å². The van der Waals surface area contributed by atoms with E-state index < -0.39 is 0 Å². The zero-order valence-corrected chi connectivity index (χ0v) is 11.6. The fraction of sp³-hybridized carbons (Fsp3) is 0.111. The number of hydrogen-bond donors (Lipinski definition) is 1. The van der Waals surface area contributed by atoms with E-state index in [9.17, 15) is 4.79 Å². The molecule has 0 fully saturated rings. The van der Waals surface area contributed by atoms with E-state index in [1.54, 1.807) is 6.20 Å². The number of fused-ring (bicyclic) bond motifs is 1. The first kappa shape index (κ1) is 13.5. The predicted molar refractivity (Wildman–Crippen MR) is 84.1 cm³/mol. The molecule has 0 aliphatic heterocycles. The number of nitrogens with two attached hydrogens (primary N) is 1. The summed E-state index contributed by atoms with van der Waals surface area (Å²) in [4.78, 5) is 16.7. The lowest BCUT2D eigenvalue weighted by Gasteiger charge is -2.06. The van der Waals surface area contributed by atoms with Crippen molar-refractivity contribution in [3.63, 3.8) is 0 Å². The van der Waals surface area contributed by atoms with Crippen LogP contribution in [0.2, 0.25) is 0 Å². The second kappa shape index (κ2) is 5.85. The van der Waals surface area contributed by atoms with E-state index >= 15 is 0 Å². The molecule has 1 heterocycles. The van der Waals surface area contributed by atoms with Crippen LogP contribution >= 0.6 is 0 Å². The molecule has 0 unspecified atom stereocenters. The van der Waals surface area contributed by atoms with Crippen molar-refractivity contribution in [1.29, 1.82) is 0 Å². The second-order valence-electron chi connectivity index (χ2n) is 4.99. The number of nitrogens with zero attached hydrogens (tertiary/aromatic N) is 1. The van der Waals surface area contributed by atoms with Crippen molar-refractivity contribution in [2.45, 2.75) is 13.0 Å². The molecule has 2 N–H and O–H groups in total. The minimum Gasteiger partial charge on any atom is -0.326 e. The Morgan fingerprint density at radius 3 is 2.52 bits per heavy atom. The molecule has 3 heteroatoms. The van der Waals surface area contributed by atoms with Gasteiger partial charge in [0.1, 0.15) is 0 Å². The average Bonchev–Trinajstić information content (AvgIpc) is 2.55. The van der Waals surface area contributed by atoms with E-state index in [0.29, 0.717) is 18.5 Å². The summed E-state index contributed by atoms with van der Waals surface area (Å²) in [7, 11) is 0. The molecule has 21 heavy (non-hydrogen) atoms. The van der Waals surface area contributed by atoms with Crippen LogP contribution in [0, 0.1) is 0 Å². The zero-order valence-electron chi connectivity index (χ0n) is 11.6. The summed E-state index contributed by atoms with van der Waals surface area (Å²) >= 11 is 0. The Labute approximate surface area is 123 Å². The Morgan fingerprint density at radius 1 is 1.00 bits per heavy atom. The molecular weight excluding hydrogens is 260 g/mol. The van der Waals surface area contributed by atoms with E-state index in [4.69, 9.17) is 5.73 Å². The van der Waals surface area contributed by atoms with E-state index in [0.717, 1.165) is 22.0 Å². The second-order valence-corrected chi connectivity index (χ2v) is 4.99. The molecule has 0 aliphatic carbocycles. The summed E-state index contributed by atoms with van der Waals surface area (Å²) in [6.07, 6.45) is 2.13. The summed E-state index contributed by atoms with van der Waals surface area (Å²) in [5.41, 5.74) is 9.24. The van der Waals surface area contributed by atoms with Crippen LogP contribution in [0.1, 0.15) is 21.5 Å². The number of benzene rings is 2. The lowest BCUT2D eigenvalue weighted by atomic mass is 9.99. The molecule has 3 rings (SSSR count). The third-order valence-electron chi connectivity index (χ3n) is 3.60. The molecule has 0 saturated carbocycles. The van der Waals surface area contributed by atoms with Crippen LogP contribution in [0.5, 0.6) is 0 Å². The lowest BCUT2D eigenvalue weighted by Crippen LogP contribution is -2.05. The number of aromatic nitrogens is 1. The maximum Gasteiger partial charge on any atom is 0.167 e. The summed E-state index contributed by atoms with van der Waals surface area (Å²) in [5, 5.41) is 1.03. The van der Waals surface area contributed by atoms with Crippen molar-refractivity contribution >= 4 is 16.7 Å². The molecule has 3 nitrogen and oxygen atoms in total. The monoisotopic (exact) mass is 276 g/mol. The minimum atomic E-state index is 0.106. The molecule has 0 atom stereocenters. The molecule has 104 valence electrons. The Hall–Kier alpha value is -2.52. The number of carbonyl (C=O) groups excluding carboxylic acids is 1. The van der Waals surface area contributed by atoms with Gasteiger partial charge in [-0.3, -0.25) is 9.78 Å². The minimum absolute atomic E-state index is 0.106. The van der Waals surface area contributed by atoms with Crippen LogP contribution in [0.3, 0.4) is 0 Å². The van der Waals surface area contributed by atoms with Crippen LogP contribution in [-0.4, -0.2) is 10.8 Å². The summed E-state index contributed by atoms with van der Waals surface area (Å²) in [6.45, 7) is 0.490. The van der Waals surface area contributed by atoms with Gasteiger partial charge in [-0.2, -0.15) is 0 Å². The fourth-order valence-electron chi connectivity index (χ4n) is 2.41. The molecule has 3 aromatic rings. The van der Waals surface area contributed by atoms with Gasteiger partial charge in [0.15, 0.2) is 5.78 Å². The maximum absolute atomic E-state index is 12.4. The van der Waals surface area contributed by atoms with Crippen molar-refractivity contribution in [1.82, 2.24) is 4.98 Å². The number of pyridine rings is 1. The van der Waals surface area contributed by atoms with Gasteiger partial charge in [-0.1, -0.05) is 42.5 Å². The Bertz CT molecular complexity index is 773. The Morgan fingerprint density at radius 2 is 1.76 bits per heavy atom. The highest BCUT2D eigenvalue weighted by atomic mass is 16.1. The van der Waals surface area contributed by atoms with Crippen LogP contribution < -0.4 is 5.73 Å². The first-order valence-electron chi connectivity index (χ1n) is 6.93. The Balaban J connectivity index is 1.89. The smallest absolute Gasteiger partial charge is 0.167 e. The molecule has 0 amide bonds. The van der Waals surface area contributed by atoms with Gasteiger partial charge in [0, 0.05) is 30.1 Å². The molecule has 0 radical (unpaired) electrons. The van der Waals surface area contributed by atoms with Gasteiger partial charge < -0.3 is 5.73 Å². The molecule has 0 aliphatic rings. The topological polar surface area (TPSA) is 56.0 Å². The third kappa shape index (κ3) is 2.83. The largest absolute Gasteiger partial charge is 0.326 e. The van der Waals surface area contributed by atoms with E-state index in [2.05, 4.69) is 4.98 Å². The van der Waals surface area contributed by atoms with Crippen LogP contribution in [-0.2, 0) is 13.0 Å². The molecule has 1 aromatic heterocycles. The quantitative estimate of drug-likeness (QED) is 0.745. The van der Waals surface area contributed by atoms with Gasteiger partial charge in [-0.15, -0.1) is 0 Å². The van der Waals surface area contributed by atoms with Crippen molar-refractivity contribution in [2.75, 3.05) is 0 Å². The molecular formula is C18H16N2O. The molecule has 0 spiro atoms. The van der Waals surface area contributed by atoms with Crippen molar-refractivity contribution in [3.8, 4) is 0 Å². The highest BCUT2D eigenvalue weighted by molar-refractivity contribution is 5.99. The lowest BCUT2D eigenvalue weighted by molar-refractivity contribution is 0.0993. The third-order valence-corrected chi connectivity index (χ3v) is 3.60. The summed E-state index contributed by atoms with van der Waals surface area (Å²) in [5.74, 6) is 0.106. The Kier molecular flexibility index (Phi) is 3.75. The molecule has 0 saturated heterocycles. The van der Waals surface area contributed by atoms with Gasteiger partial charge in [-0.05, 0) is 23.3 Å². The predicted octanol–water partition coefficient (Wildman–Crippen LogP) is 3.12. The van der Waals surface area contributed by atoms with Crippen LogP contribution in [0.15, 0.2) is 60.8 Å². The highest BCUT2D eigenvalue weighted by Gasteiger charge is 2.09. The SMILES string of the molecule is NCc1ccc(C(=O)Cc2ccnc3ccccc23)cc1. The number of carbonyl (C=O) groups is 1. The van der Waals surface area contributed by atoms with Crippen molar-refractivity contribution < 1.29 is 4.79 Å². The van der Waals surface area contributed by atoms with Gasteiger partial charge in [0.05, 0.1) is 5.52 Å². The number of rotatable bonds is 4. The molecule has 0 bridgehead atoms. The van der Waals surface area contributed by atoms with Gasteiger partial charge in [-0.25, -0.2) is 0 Å². The fourth-order valence-corrected chi connectivity index (χ4v) is 2.41. The van der Waals surface area contributed by atoms with Gasteiger partial charge in [0.25, 0.3) is 0 Å². The highest BCUT2D eigenvalue weighted by Crippen LogP contribution is 2.18. The van der Waals surface area contributed by atoms with Gasteiger partial charge >= 0.3 is 0 Å². The normalized spacial score (nSPS) is 10.7. The van der Waals surface area contributed by atoms with Crippen LogP contribution in [0.4, 0.5) is 0 Å². The standard InChI is InChI=1S/C18H16N2O/c19-12-13-5-7-14(8-6-13)18(21)11-15-9-10-20-17-4-2-1-3-16(15)17/h1-10H,11-12,19H2. The van der Waals surface area contributed by atoms with Crippen molar-refractivity contribution in [3.05, 3.63) is 77.5 Å². The number of Topliss-reactive ketones (excluding diaryl/α,β-unsaturated/α-hetero) is 1. The first-order valence-corrected chi connectivity index (χ1v) is 6.93.